The van der Waals surface area contributed by atoms with Crippen molar-refractivity contribution in [2.24, 2.45) is 0 Å². The van der Waals surface area contributed by atoms with Gasteiger partial charge in [0.25, 0.3) is 0 Å². The molecule has 1 aliphatic rings. The quantitative estimate of drug-likeness (QED) is 0.481. The molecule has 2 aromatic rings. The minimum Gasteiger partial charge on any atom is -0.465 e. The van der Waals surface area contributed by atoms with E-state index in [0.29, 0.717) is 0 Å². The molecule has 3 rings (SSSR count). The van der Waals surface area contributed by atoms with Crippen molar-refractivity contribution in [3.8, 4) is 11.1 Å². The van der Waals surface area contributed by atoms with E-state index in [0.717, 1.165) is 22.3 Å². The highest BCUT2D eigenvalue weighted by molar-refractivity contribution is 7.56. The largest absolute Gasteiger partial charge is 0.465 e. The van der Waals surface area contributed by atoms with Gasteiger partial charge in [-0.15, -0.1) is 0 Å². The Kier molecular flexibility index (Phi) is 6.39. The van der Waals surface area contributed by atoms with Crippen LogP contribution in [-0.4, -0.2) is 30.9 Å². The summed E-state index contributed by atoms with van der Waals surface area (Å²) in [6.45, 7) is 5.81. The van der Waals surface area contributed by atoms with Crippen LogP contribution >= 0.6 is 7.60 Å². The highest BCUT2D eigenvalue weighted by atomic mass is 31.2. The zero-order chi connectivity index (χ0) is 20.2. The molecular formula is C22H27O5P. The first kappa shape index (κ1) is 20.8. The number of benzene rings is 2. The van der Waals surface area contributed by atoms with E-state index < -0.39 is 18.7 Å². The van der Waals surface area contributed by atoms with Crippen LogP contribution in [0, 0.1) is 0 Å². The molecule has 6 heteroatoms. The van der Waals surface area contributed by atoms with E-state index in [2.05, 4.69) is 0 Å². The lowest BCUT2D eigenvalue weighted by molar-refractivity contribution is -0.147. The molecular weight excluding hydrogens is 375 g/mol. The summed E-state index contributed by atoms with van der Waals surface area (Å²) in [5, 5.41) is -1.43. The van der Waals surface area contributed by atoms with Crippen molar-refractivity contribution in [3.63, 3.8) is 0 Å². The number of hydrogen-bond acceptors (Lipinski definition) is 5. The molecule has 0 N–H and O–H groups in total. The average molecular weight is 402 g/mol. The van der Waals surface area contributed by atoms with Gasteiger partial charge in [-0.2, -0.15) is 0 Å². The lowest BCUT2D eigenvalue weighted by Gasteiger charge is -2.36. The summed E-state index contributed by atoms with van der Waals surface area (Å²) in [6, 6.07) is 15.8. The second kappa shape index (κ2) is 8.60. The molecule has 0 aliphatic heterocycles. The third-order valence-electron chi connectivity index (χ3n) is 5.07. The summed E-state index contributed by atoms with van der Waals surface area (Å²) in [6.07, 6.45) is 0.460. The first-order valence-electron chi connectivity index (χ1n) is 9.74. The minimum absolute atomic E-state index is 0.182. The Labute approximate surface area is 166 Å². The highest BCUT2D eigenvalue weighted by Gasteiger charge is 2.59. The molecule has 0 saturated heterocycles. The zero-order valence-electron chi connectivity index (χ0n) is 16.6. The monoisotopic (exact) mass is 402 g/mol. The van der Waals surface area contributed by atoms with Gasteiger partial charge in [0.1, 0.15) is 0 Å². The molecule has 0 aromatic heterocycles. The Morgan fingerprint density at radius 3 is 1.75 bits per heavy atom. The molecule has 0 atom stereocenters. The van der Waals surface area contributed by atoms with Crippen LogP contribution in [0.5, 0.6) is 0 Å². The predicted octanol–water partition coefficient (Wildman–Crippen LogP) is 5.02. The second-order valence-corrected chi connectivity index (χ2v) is 9.12. The number of ether oxygens (including phenoxy) is 1. The molecule has 5 nitrogen and oxygen atoms in total. The molecule has 150 valence electrons. The predicted molar refractivity (Wildman–Crippen MR) is 110 cm³/mol. The van der Waals surface area contributed by atoms with Crippen molar-refractivity contribution in [1.82, 2.24) is 0 Å². The summed E-state index contributed by atoms with van der Waals surface area (Å²) < 4.78 is 30.9. The molecule has 0 heterocycles. The van der Waals surface area contributed by atoms with Gasteiger partial charge in [0.05, 0.1) is 19.8 Å². The van der Waals surface area contributed by atoms with Crippen LogP contribution in [0.2, 0.25) is 0 Å². The van der Waals surface area contributed by atoms with Gasteiger partial charge in [-0.1, -0.05) is 48.5 Å². The SMILES string of the molecule is CCOC(=O)C1(P(=O)(OCC)OCC)Cc2ccccc2-c2ccccc2C1. The number of fused-ring (bicyclic) bond motifs is 3. The lowest BCUT2D eigenvalue weighted by atomic mass is 9.94. The van der Waals surface area contributed by atoms with E-state index in [9.17, 15) is 9.36 Å². The maximum atomic E-state index is 14.0. The van der Waals surface area contributed by atoms with Crippen LogP contribution in [0.1, 0.15) is 31.9 Å². The standard InChI is InChI=1S/C22H27O5P/c1-4-25-21(23)22(28(24,26-5-2)27-6-3)15-17-11-7-9-13-19(17)20-14-10-8-12-18(20)16-22/h7-14H,4-6,15-16H2,1-3H3. The average Bonchev–Trinajstić information content (AvgIpc) is 2.84. The van der Waals surface area contributed by atoms with Crippen molar-refractivity contribution in [2.75, 3.05) is 19.8 Å². The molecule has 0 spiro atoms. The summed E-state index contributed by atoms with van der Waals surface area (Å²) in [5.41, 5.74) is 3.92. The van der Waals surface area contributed by atoms with Gasteiger partial charge < -0.3 is 13.8 Å². The maximum Gasteiger partial charge on any atom is 0.348 e. The molecule has 28 heavy (non-hydrogen) atoms. The van der Waals surface area contributed by atoms with Crippen LogP contribution in [-0.2, 0) is 36.0 Å². The van der Waals surface area contributed by atoms with Crippen LogP contribution in [0.3, 0.4) is 0 Å². The molecule has 0 fully saturated rings. The summed E-state index contributed by atoms with van der Waals surface area (Å²) in [7, 11) is -3.83. The van der Waals surface area contributed by atoms with Gasteiger partial charge >= 0.3 is 13.6 Å². The van der Waals surface area contributed by atoms with Gasteiger partial charge in [-0.3, -0.25) is 9.36 Å². The Morgan fingerprint density at radius 1 is 0.857 bits per heavy atom. The summed E-state index contributed by atoms with van der Waals surface area (Å²) in [5.74, 6) is -0.535. The Bertz CT molecular complexity index is 835. The van der Waals surface area contributed by atoms with Gasteiger partial charge in [-0.25, -0.2) is 0 Å². The van der Waals surface area contributed by atoms with Crippen LogP contribution in [0.25, 0.3) is 11.1 Å². The fourth-order valence-corrected chi connectivity index (χ4v) is 6.17. The van der Waals surface area contributed by atoms with Crippen molar-refractivity contribution < 1.29 is 23.1 Å². The van der Waals surface area contributed by atoms with E-state index in [4.69, 9.17) is 13.8 Å². The number of carbonyl (C=O) groups is 1. The summed E-state index contributed by atoms with van der Waals surface area (Å²) >= 11 is 0. The first-order valence-corrected chi connectivity index (χ1v) is 11.3. The Balaban J connectivity index is 2.29. The minimum atomic E-state index is -3.83. The Morgan fingerprint density at radius 2 is 1.32 bits per heavy atom. The molecule has 0 unspecified atom stereocenters. The molecule has 0 radical (unpaired) electrons. The van der Waals surface area contributed by atoms with E-state index in [-0.39, 0.29) is 32.7 Å². The highest BCUT2D eigenvalue weighted by Crippen LogP contribution is 2.64. The first-order chi connectivity index (χ1) is 13.5. The van der Waals surface area contributed by atoms with Gasteiger partial charge in [0, 0.05) is 12.8 Å². The normalized spacial score (nSPS) is 15.2. The van der Waals surface area contributed by atoms with E-state index >= 15 is 0 Å². The second-order valence-electron chi connectivity index (χ2n) is 6.75. The van der Waals surface area contributed by atoms with Crippen molar-refractivity contribution >= 4 is 13.6 Å². The number of carbonyl (C=O) groups excluding carboxylic acids is 1. The lowest BCUT2D eigenvalue weighted by Crippen LogP contribution is -2.45. The van der Waals surface area contributed by atoms with Crippen molar-refractivity contribution in [3.05, 3.63) is 59.7 Å². The van der Waals surface area contributed by atoms with Crippen molar-refractivity contribution in [1.29, 1.82) is 0 Å². The van der Waals surface area contributed by atoms with Crippen LogP contribution < -0.4 is 0 Å². The number of rotatable bonds is 7. The van der Waals surface area contributed by atoms with E-state index in [1.807, 2.05) is 48.5 Å². The molecule has 0 bridgehead atoms. The fourth-order valence-electron chi connectivity index (χ4n) is 3.91. The molecule has 0 amide bonds. The third-order valence-corrected chi connectivity index (χ3v) is 7.81. The third kappa shape index (κ3) is 3.55. The number of hydrogen-bond donors (Lipinski definition) is 0. The maximum absolute atomic E-state index is 14.0. The fraction of sp³-hybridized carbons (Fsp3) is 0.409. The van der Waals surface area contributed by atoms with Gasteiger partial charge in [0.15, 0.2) is 5.16 Å². The zero-order valence-corrected chi connectivity index (χ0v) is 17.5. The van der Waals surface area contributed by atoms with Gasteiger partial charge in [0.2, 0.25) is 0 Å². The smallest absolute Gasteiger partial charge is 0.348 e. The van der Waals surface area contributed by atoms with Crippen molar-refractivity contribution in [2.45, 2.75) is 38.8 Å². The van der Waals surface area contributed by atoms with Gasteiger partial charge in [-0.05, 0) is 43.0 Å². The summed E-state index contributed by atoms with van der Waals surface area (Å²) in [4.78, 5) is 13.3. The molecule has 0 saturated carbocycles. The van der Waals surface area contributed by atoms with E-state index in [1.54, 1.807) is 20.8 Å². The van der Waals surface area contributed by atoms with Crippen LogP contribution in [0.4, 0.5) is 0 Å². The topological polar surface area (TPSA) is 61.8 Å². The molecule has 2 aromatic carbocycles. The Hall–Kier alpha value is -1.94. The molecule has 1 aliphatic carbocycles. The van der Waals surface area contributed by atoms with Crippen LogP contribution in [0.15, 0.2) is 48.5 Å². The van der Waals surface area contributed by atoms with E-state index in [1.165, 1.54) is 0 Å². The number of esters is 1.